The number of carbonyl (C=O) groups excluding carboxylic acids is 1. The molecule has 0 bridgehead atoms. The summed E-state index contributed by atoms with van der Waals surface area (Å²) in [5, 5.41) is 20.1. The van der Waals surface area contributed by atoms with Gasteiger partial charge in [0.25, 0.3) is 0 Å². The number of hydrogen-bond acceptors (Lipinski definition) is 5. The van der Waals surface area contributed by atoms with Crippen LogP contribution < -0.4 is 10.8 Å². The number of amides is 1. The quantitative estimate of drug-likeness (QED) is 0.299. The molecule has 1 unspecified atom stereocenters. The Balaban J connectivity index is 2.09. The summed E-state index contributed by atoms with van der Waals surface area (Å²) in [6.45, 7) is 8.68. The van der Waals surface area contributed by atoms with Crippen LogP contribution in [0, 0.1) is 19.3 Å². The number of thioether (sulfide) groups is 1. The molecule has 1 atom stereocenters. The Hall–Kier alpha value is -2.61. The Morgan fingerprint density at radius 2 is 2.07 bits per heavy atom. The molecule has 0 aliphatic carbocycles. The molecule has 2 heterocycles. The Morgan fingerprint density at radius 3 is 2.76 bits per heavy atom. The topological polar surface area (TPSA) is 99.5 Å². The first kappa shape index (κ1) is 21.1. The Labute approximate surface area is 174 Å². The largest absolute Gasteiger partial charge is 0.355 e. The van der Waals surface area contributed by atoms with Gasteiger partial charge in [-0.05, 0) is 38.3 Å². The van der Waals surface area contributed by atoms with Crippen molar-refractivity contribution >= 4 is 28.7 Å². The van der Waals surface area contributed by atoms with Crippen molar-refractivity contribution in [1.29, 1.82) is 5.41 Å². The van der Waals surface area contributed by atoms with Crippen LogP contribution in [0.3, 0.4) is 0 Å². The summed E-state index contributed by atoms with van der Waals surface area (Å²) in [5.74, 6) is 0.00826. The molecular weight excluding hydrogens is 384 g/mol. The SMILES string of the molecule is CCCCNC(=O)C(CC)Sc1nc2n[nH]c(C)c2c(=N)n1-c1ccccc1C. The molecule has 7 nitrogen and oxygen atoms in total. The van der Waals surface area contributed by atoms with E-state index in [0.29, 0.717) is 34.6 Å². The van der Waals surface area contributed by atoms with Crippen LogP contribution in [0.15, 0.2) is 29.4 Å². The van der Waals surface area contributed by atoms with Gasteiger partial charge in [0, 0.05) is 12.2 Å². The third-order valence-corrected chi connectivity index (χ3v) is 6.19. The van der Waals surface area contributed by atoms with Crippen LogP contribution in [0.5, 0.6) is 0 Å². The smallest absolute Gasteiger partial charge is 0.233 e. The molecule has 3 N–H and O–H groups in total. The lowest BCUT2D eigenvalue weighted by molar-refractivity contribution is -0.120. The number of nitrogens with zero attached hydrogens (tertiary/aromatic N) is 3. The van der Waals surface area contributed by atoms with E-state index in [-0.39, 0.29) is 11.2 Å². The van der Waals surface area contributed by atoms with E-state index >= 15 is 0 Å². The van der Waals surface area contributed by atoms with Crippen molar-refractivity contribution in [2.24, 2.45) is 0 Å². The van der Waals surface area contributed by atoms with Gasteiger partial charge in [-0.15, -0.1) is 0 Å². The first-order valence-electron chi connectivity index (χ1n) is 10.0. The van der Waals surface area contributed by atoms with Gasteiger partial charge < -0.3 is 5.32 Å². The molecule has 0 saturated heterocycles. The maximum Gasteiger partial charge on any atom is 0.233 e. The van der Waals surface area contributed by atoms with Crippen LogP contribution in [0.1, 0.15) is 44.4 Å². The molecule has 29 heavy (non-hydrogen) atoms. The minimum atomic E-state index is -0.286. The average molecular weight is 413 g/mol. The lowest BCUT2D eigenvalue weighted by Gasteiger charge is -2.19. The molecule has 8 heteroatoms. The van der Waals surface area contributed by atoms with E-state index in [1.807, 2.05) is 49.6 Å². The molecule has 0 aliphatic rings. The van der Waals surface area contributed by atoms with Crippen LogP contribution in [0.25, 0.3) is 16.7 Å². The zero-order valence-corrected chi connectivity index (χ0v) is 18.2. The highest BCUT2D eigenvalue weighted by molar-refractivity contribution is 8.00. The predicted octanol–water partition coefficient (Wildman–Crippen LogP) is 3.63. The number of nitrogens with one attached hydrogen (secondary N) is 3. The van der Waals surface area contributed by atoms with Gasteiger partial charge in [0.2, 0.25) is 5.91 Å². The van der Waals surface area contributed by atoms with E-state index in [1.54, 1.807) is 0 Å². The molecule has 1 aromatic carbocycles. The van der Waals surface area contributed by atoms with E-state index in [0.717, 1.165) is 29.8 Å². The number of aromatic nitrogens is 4. The molecule has 0 spiro atoms. The standard InChI is InChI=1S/C21H28N6OS/c1-5-7-12-23-20(28)16(6-2)29-21-24-19-17(14(4)25-26-19)18(22)27(21)15-11-9-8-10-13(15)3/h8-11,16,22H,5-7,12H2,1-4H3,(H,23,28)(H,25,26). The van der Waals surface area contributed by atoms with Gasteiger partial charge in [0.05, 0.1) is 16.3 Å². The van der Waals surface area contributed by atoms with Gasteiger partial charge in [0.1, 0.15) is 5.49 Å². The number of para-hydroxylation sites is 1. The molecule has 3 aromatic rings. The van der Waals surface area contributed by atoms with Gasteiger partial charge in [0.15, 0.2) is 10.8 Å². The van der Waals surface area contributed by atoms with Crippen molar-refractivity contribution in [2.45, 2.75) is 57.4 Å². The van der Waals surface area contributed by atoms with E-state index in [9.17, 15) is 4.79 Å². The number of aromatic amines is 1. The lowest BCUT2D eigenvalue weighted by Crippen LogP contribution is -2.34. The average Bonchev–Trinajstić information content (AvgIpc) is 3.08. The van der Waals surface area contributed by atoms with E-state index in [4.69, 9.17) is 10.4 Å². The highest BCUT2D eigenvalue weighted by Crippen LogP contribution is 2.28. The normalized spacial score (nSPS) is 12.3. The van der Waals surface area contributed by atoms with Gasteiger partial charge in [-0.1, -0.05) is 50.2 Å². The van der Waals surface area contributed by atoms with Crippen LogP contribution in [0.2, 0.25) is 0 Å². The van der Waals surface area contributed by atoms with Gasteiger partial charge in [-0.2, -0.15) is 5.10 Å². The summed E-state index contributed by atoms with van der Waals surface area (Å²) < 4.78 is 1.83. The number of benzene rings is 1. The van der Waals surface area contributed by atoms with Crippen molar-refractivity contribution in [3.63, 3.8) is 0 Å². The van der Waals surface area contributed by atoms with Gasteiger partial charge in [-0.25, -0.2) is 4.98 Å². The summed E-state index contributed by atoms with van der Waals surface area (Å²) in [5.41, 5.74) is 3.55. The Bertz CT molecular complexity index is 1070. The highest BCUT2D eigenvalue weighted by Gasteiger charge is 2.23. The number of fused-ring (bicyclic) bond motifs is 1. The van der Waals surface area contributed by atoms with Gasteiger partial charge in [-0.3, -0.25) is 19.9 Å². The van der Waals surface area contributed by atoms with Crippen LogP contribution >= 0.6 is 11.8 Å². The molecule has 3 rings (SSSR count). The van der Waals surface area contributed by atoms with Crippen molar-refractivity contribution in [3.8, 4) is 5.69 Å². The number of rotatable bonds is 8. The second-order valence-electron chi connectivity index (χ2n) is 7.07. The summed E-state index contributed by atoms with van der Waals surface area (Å²) in [6.07, 6.45) is 2.67. The molecule has 1 amide bonds. The first-order chi connectivity index (χ1) is 14.0. The molecule has 2 aromatic heterocycles. The zero-order valence-electron chi connectivity index (χ0n) is 17.4. The number of hydrogen-bond donors (Lipinski definition) is 3. The van der Waals surface area contributed by atoms with Crippen molar-refractivity contribution in [1.82, 2.24) is 25.1 Å². The monoisotopic (exact) mass is 412 g/mol. The summed E-state index contributed by atoms with van der Waals surface area (Å²) in [6, 6.07) is 7.91. The molecule has 0 fully saturated rings. The van der Waals surface area contributed by atoms with Crippen LogP contribution in [-0.4, -0.2) is 37.5 Å². The maximum absolute atomic E-state index is 12.7. The second-order valence-corrected chi connectivity index (χ2v) is 8.24. The van der Waals surface area contributed by atoms with E-state index in [2.05, 4.69) is 22.4 Å². The van der Waals surface area contributed by atoms with Crippen LogP contribution in [0.4, 0.5) is 0 Å². The zero-order chi connectivity index (χ0) is 21.0. The van der Waals surface area contributed by atoms with Crippen molar-refractivity contribution < 1.29 is 4.79 Å². The third-order valence-electron chi connectivity index (χ3n) is 4.88. The molecule has 0 aliphatic heterocycles. The maximum atomic E-state index is 12.7. The van der Waals surface area contributed by atoms with Gasteiger partial charge >= 0.3 is 0 Å². The van der Waals surface area contributed by atoms with E-state index in [1.165, 1.54) is 11.8 Å². The lowest BCUT2D eigenvalue weighted by atomic mass is 10.2. The predicted molar refractivity (Wildman–Crippen MR) is 116 cm³/mol. The van der Waals surface area contributed by atoms with E-state index < -0.39 is 0 Å². The number of carbonyl (C=O) groups is 1. The minimum Gasteiger partial charge on any atom is -0.355 e. The Morgan fingerprint density at radius 1 is 1.31 bits per heavy atom. The minimum absolute atomic E-state index is 0.00826. The number of aryl methyl sites for hydroxylation is 2. The fourth-order valence-electron chi connectivity index (χ4n) is 3.20. The molecule has 154 valence electrons. The summed E-state index contributed by atoms with van der Waals surface area (Å²) in [7, 11) is 0. The molecule has 0 saturated carbocycles. The summed E-state index contributed by atoms with van der Waals surface area (Å²) in [4.78, 5) is 17.4. The van der Waals surface area contributed by atoms with Crippen molar-refractivity contribution in [3.05, 3.63) is 41.0 Å². The Kier molecular flexibility index (Phi) is 6.74. The first-order valence-corrected chi connectivity index (χ1v) is 10.9. The summed E-state index contributed by atoms with van der Waals surface area (Å²) >= 11 is 1.39. The number of unbranched alkanes of at least 4 members (excludes halogenated alkanes) is 1. The second kappa shape index (κ2) is 9.26. The molecule has 0 radical (unpaired) electrons. The highest BCUT2D eigenvalue weighted by atomic mass is 32.2. The van der Waals surface area contributed by atoms with Crippen LogP contribution in [-0.2, 0) is 4.79 Å². The molecular formula is C21H28N6OS. The third kappa shape index (κ3) is 4.37. The van der Waals surface area contributed by atoms with Crippen molar-refractivity contribution in [2.75, 3.05) is 6.54 Å². The fraction of sp³-hybridized carbons (Fsp3) is 0.429. The fourth-order valence-corrected chi connectivity index (χ4v) is 4.24. The number of H-pyrrole nitrogens is 1.